The molecule has 0 atom stereocenters. The second-order valence-corrected chi connectivity index (χ2v) is 6.98. The molecule has 0 aliphatic heterocycles. The number of carbonyl (C=O) groups excluding carboxylic acids is 1. The molecule has 0 unspecified atom stereocenters. The number of amides is 1. The molecule has 1 N–H and O–H groups in total. The van der Waals surface area contributed by atoms with Gasteiger partial charge in [-0.05, 0) is 24.3 Å². The van der Waals surface area contributed by atoms with E-state index in [1.807, 2.05) is 54.2 Å². The van der Waals surface area contributed by atoms with Gasteiger partial charge in [0.05, 0.1) is 12.4 Å². The average molecular weight is 385 g/mol. The van der Waals surface area contributed by atoms with Crippen LogP contribution in [-0.2, 0) is 29.5 Å². The topological polar surface area (TPSA) is 74.0 Å². The molecule has 3 rings (SSSR count). The number of aromatic nitrogens is 4. The van der Waals surface area contributed by atoms with Crippen LogP contribution in [0.5, 0.6) is 0 Å². The van der Waals surface area contributed by atoms with Gasteiger partial charge >= 0.3 is 0 Å². The normalized spacial score (nSPS) is 10.9. The third kappa shape index (κ3) is 5.21. The van der Waals surface area contributed by atoms with Gasteiger partial charge in [-0.15, -0.1) is 10.2 Å². The molecular weight excluding hydrogens is 362 g/mol. The molecule has 0 fully saturated rings. The van der Waals surface area contributed by atoms with E-state index in [4.69, 9.17) is 4.74 Å². The van der Waals surface area contributed by atoms with Crippen molar-refractivity contribution in [2.45, 2.75) is 18.1 Å². The molecule has 0 spiro atoms. The first-order valence-electron chi connectivity index (χ1n) is 8.66. The molecule has 27 heavy (non-hydrogen) atoms. The summed E-state index contributed by atoms with van der Waals surface area (Å²) in [6, 6.07) is 13.5. The fourth-order valence-corrected chi connectivity index (χ4v) is 3.44. The number of carbonyl (C=O) groups is 1. The number of para-hydroxylation sites is 1. The van der Waals surface area contributed by atoms with Crippen LogP contribution in [0.2, 0.25) is 0 Å². The molecule has 0 aliphatic carbocycles. The summed E-state index contributed by atoms with van der Waals surface area (Å²) in [5, 5.41) is 12.2. The smallest absolute Gasteiger partial charge is 0.234 e. The van der Waals surface area contributed by atoms with E-state index in [9.17, 15) is 4.79 Å². The first kappa shape index (κ1) is 19.2. The molecule has 2 aromatic heterocycles. The van der Waals surface area contributed by atoms with E-state index in [0.717, 1.165) is 22.4 Å². The minimum Gasteiger partial charge on any atom is -0.383 e. The fraction of sp³-hybridized carbons (Fsp3) is 0.316. The summed E-state index contributed by atoms with van der Waals surface area (Å²) in [7, 11) is 3.68. The number of ether oxygens (including phenoxy) is 1. The van der Waals surface area contributed by atoms with Gasteiger partial charge in [-0.25, -0.2) is 0 Å². The first-order chi connectivity index (χ1) is 13.2. The molecule has 0 radical (unpaired) electrons. The Morgan fingerprint density at radius 1 is 1.19 bits per heavy atom. The van der Waals surface area contributed by atoms with Crippen LogP contribution in [0, 0.1) is 0 Å². The number of rotatable bonds is 9. The number of hydrogen-bond donors (Lipinski definition) is 1. The van der Waals surface area contributed by atoms with Crippen molar-refractivity contribution in [3.63, 3.8) is 0 Å². The van der Waals surface area contributed by atoms with Crippen LogP contribution in [0.3, 0.4) is 0 Å². The number of thioether (sulfide) groups is 1. The number of nitrogens with zero attached hydrogens (tertiary/aromatic N) is 4. The van der Waals surface area contributed by atoms with E-state index >= 15 is 0 Å². The highest BCUT2D eigenvalue weighted by Crippen LogP contribution is 2.19. The van der Waals surface area contributed by atoms with Gasteiger partial charge in [0, 0.05) is 44.7 Å². The number of hydrogen-bond acceptors (Lipinski definition) is 5. The van der Waals surface area contributed by atoms with Crippen molar-refractivity contribution in [3.8, 4) is 0 Å². The molecule has 0 saturated carbocycles. The predicted octanol–water partition coefficient (Wildman–Crippen LogP) is 2.58. The molecule has 8 heteroatoms. The van der Waals surface area contributed by atoms with Crippen molar-refractivity contribution in [1.82, 2.24) is 19.3 Å². The largest absolute Gasteiger partial charge is 0.383 e. The lowest BCUT2D eigenvalue weighted by Crippen LogP contribution is -2.15. The van der Waals surface area contributed by atoms with E-state index in [1.165, 1.54) is 11.8 Å². The van der Waals surface area contributed by atoms with Gasteiger partial charge in [-0.2, -0.15) is 0 Å². The molecule has 142 valence electrons. The van der Waals surface area contributed by atoms with Gasteiger partial charge in [0.15, 0.2) is 5.16 Å². The molecule has 0 aliphatic rings. The second kappa shape index (κ2) is 9.38. The number of aryl methyl sites for hydroxylation is 1. The van der Waals surface area contributed by atoms with E-state index in [-0.39, 0.29) is 11.7 Å². The molecule has 0 saturated heterocycles. The van der Waals surface area contributed by atoms with Gasteiger partial charge in [0.25, 0.3) is 0 Å². The summed E-state index contributed by atoms with van der Waals surface area (Å²) in [6.07, 6.45) is 2.69. The summed E-state index contributed by atoms with van der Waals surface area (Å²) in [4.78, 5) is 12.2. The monoisotopic (exact) mass is 385 g/mol. The lowest BCUT2D eigenvalue weighted by atomic mass is 10.3. The van der Waals surface area contributed by atoms with Crippen molar-refractivity contribution in [3.05, 3.63) is 60.2 Å². The molecule has 0 bridgehead atoms. The molecule has 1 aromatic carbocycles. The molecule has 3 aromatic rings. The van der Waals surface area contributed by atoms with E-state index in [2.05, 4.69) is 26.1 Å². The Labute approximate surface area is 162 Å². The number of methoxy groups -OCH3 is 1. The molecule has 2 heterocycles. The molecular formula is C19H23N5O2S. The lowest BCUT2D eigenvalue weighted by molar-refractivity contribution is -0.113. The maximum atomic E-state index is 12.2. The van der Waals surface area contributed by atoms with Crippen LogP contribution in [0.25, 0.3) is 0 Å². The quantitative estimate of drug-likeness (QED) is 0.573. The minimum atomic E-state index is -0.0727. The van der Waals surface area contributed by atoms with Gasteiger partial charge in [0.2, 0.25) is 5.91 Å². The Bertz CT molecular complexity index is 875. The first-order valence-corrected chi connectivity index (χ1v) is 9.65. The number of benzene rings is 1. The third-order valence-electron chi connectivity index (χ3n) is 4.09. The Hall–Kier alpha value is -2.58. The minimum absolute atomic E-state index is 0.0727. The van der Waals surface area contributed by atoms with Crippen LogP contribution in [0.1, 0.15) is 11.5 Å². The molecule has 1 amide bonds. The highest BCUT2D eigenvalue weighted by Gasteiger charge is 2.15. The summed E-state index contributed by atoms with van der Waals surface area (Å²) in [5.74, 6) is 1.06. The maximum absolute atomic E-state index is 12.2. The van der Waals surface area contributed by atoms with Crippen molar-refractivity contribution >= 4 is 23.4 Å². The standard InChI is InChI=1S/C19H23N5O2S/c1-23-10-6-9-16(23)13-17-21-22-19(24(17)11-12-26-2)27-14-18(25)20-15-7-4-3-5-8-15/h3-10H,11-14H2,1-2H3,(H,20,25). The van der Waals surface area contributed by atoms with Crippen molar-refractivity contribution in [2.24, 2.45) is 7.05 Å². The van der Waals surface area contributed by atoms with Crippen molar-refractivity contribution in [2.75, 3.05) is 24.8 Å². The van der Waals surface area contributed by atoms with E-state index in [0.29, 0.717) is 19.6 Å². The fourth-order valence-electron chi connectivity index (χ4n) is 2.65. The Morgan fingerprint density at radius 2 is 2.00 bits per heavy atom. The highest BCUT2D eigenvalue weighted by molar-refractivity contribution is 7.99. The number of anilines is 1. The molecule has 7 nitrogen and oxygen atoms in total. The summed E-state index contributed by atoms with van der Waals surface area (Å²) in [5.41, 5.74) is 1.94. The zero-order valence-electron chi connectivity index (χ0n) is 15.5. The van der Waals surface area contributed by atoms with E-state index in [1.54, 1.807) is 7.11 Å². The SMILES string of the molecule is COCCn1c(Cc2cccn2C)nnc1SCC(=O)Nc1ccccc1. The Balaban J connectivity index is 1.67. The van der Waals surface area contributed by atoms with Crippen LogP contribution in [-0.4, -0.2) is 44.7 Å². The van der Waals surface area contributed by atoms with Gasteiger partial charge in [-0.1, -0.05) is 30.0 Å². The summed E-state index contributed by atoms with van der Waals surface area (Å²) in [6.45, 7) is 1.20. The third-order valence-corrected chi connectivity index (χ3v) is 5.06. The van der Waals surface area contributed by atoms with Crippen LogP contribution < -0.4 is 5.32 Å². The summed E-state index contributed by atoms with van der Waals surface area (Å²) >= 11 is 1.38. The average Bonchev–Trinajstić information content (AvgIpc) is 3.25. The maximum Gasteiger partial charge on any atom is 0.234 e. The van der Waals surface area contributed by atoms with Crippen molar-refractivity contribution in [1.29, 1.82) is 0 Å². The van der Waals surface area contributed by atoms with Gasteiger partial charge < -0.3 is 19.2 Å². The predicted molar refractivity (Wildman–Crippen MR) is 106 cm³/mol. The number of nitrogens with one attached hydrogen (secondary N) is 1. The second-order valence-electron chi connectivity index (χ2n) is 6.03. The van der Waals surface area contributed by atoms with Gasteiger partial charge in [0.1, 0.15) is 5.82 Å². The van der Waals surface area contributed by atoms with E-state index < -0.39 is 0 Å². The zero-order chi connectivity index (χ0) is 19.1. The highest BCUT2D eigenvalue weighted by atomic mass is 32.2. The Morgan fingerprint density at radius 3 is 2.70 bits per heavy atom. The van der Waals surface area contributed by atoms with Gasteiger partial charge in [-0.3, -0.25) is 4.79 Å². The van der Waals surface area contributed by atoms with Crippen molar-refractivity contribution < 1.29 is 9.53 Å². The summed E-state index contributed by atoms with van der Waals surface area (Å²) < 4.78 is 9.31. The Kier molecular flexibility index (Phi) is 6.67. The van der Waals surface area contributed by atoms with Crippen LogP contribution in [0.15, 0.2) is 53.8 Å². The zero-order valence-corrected chi connectivity index (χ0v) is 16.3. The van der Waals surface area contributed by atoms with Crippen LogP contribution >= 0.6 is 11.8 Å². The lowest BCUT2D eigenvalue weighted by Gasteiger charge is -2.10. The van der Waals surface area contributed by atoms with Crippen LogP contribution in [0.4, 0.5) is 5.69 Å².